The molecule has 0 rings (SSSR count). The molecule has 0 saturated carbocycles. The Morgan fingerprint density at radius 2 is 1.70 bits per heavy atom. The molecule has 0 fully saturated rings. The van der Waals surface area contributed by atoms with E-state index >= 15 is 0 Å². The van der Waals surface area contributed by atoms with Crippen LogP contribution in [0.4, 0.5) is 0 Å². The van der Waals surface area contributed by atoms with Crippen molar-refractivity contribution in [3.63, 3.8) is 0 Å². The monoisotopic (exact) mass is 159 g/mol. The van der Waals surface area contributed by atoms with Gasteiger partial charge in [0.25, 0.3) is 0 Å². The molecule has 0 heterocycles. The molecule has 0 amide bonds. The van der Waals surface area contributed by atoms with Crippen LogP contribution in [0.1, 0.15) is 39.5 Å². The molecule has 2 N–H and O–H groups in total. The number of rotatable bonds is 5. The minimum absolute atomic E-state index is 0.491. The van der Waals surface area contributed by atoms with Gasteiger partial charge in [0.2, 0.25) is 0 Å². The predicted molar refractivity (Wildman–Crippen MR) is 50.1 cm³/mol. The second-order valence-electron chi connectivity index (χ2n) is 2.68. The smallest absolute Gasteiger partial charge is 0.0758 e. The van der Waals surface area contributed by atoms with Crippen molar-refractivity contribution < 1.29 is 0 Å². The van der Waals surface area contributed by atoms with Gasteiger partial charge >= 0.3 is 0 Å². The van der Waals surface area contributed by atoms with E-state index in [0.29, 0.717) is 10.9 Å². The van der Waals surface area contributed by atoms with E-state index in [1.807, 2.05) is 0 Å². The fourth-order valence-electron chi connectivity index (χ4n) is 1.13. The summed E-state index contributed by atoms with van der Waals surface area (Å²) >= 11 is 4.93. The molecule has 0 atom stereocenters. The van der Waals surface area contributed by atoms with Crippen molar-refractivity contribution in [3.05, 3.63) is 0 Å². The fraction of sp³-hybridized carbons (Fsp3) is 0.875. The SMILES string of the molecule is CCCC(CCC)C(N)=S. The van der Waals surface area contributed by atoms with Gasteiger partial charge in [0.15, 0.2) is 0 Å². The van der Waals surface area contributed by atoms with Crippen LogP contribution < -0.4 is 5.73 Å². The lowest BCUT2D eigenvalue weighted by atomic mass is 9.99. The summed E-state index contributed by atoms with van der Waals surface area (Å²) in [5.74, 6) is 0.491. The van der Waals surface area contributed by atoms with Gasteiger partial charge in [0, 0.05) is 5.92 Å². The van der Waals surface area contributed by atoms with Gasteiger partial charge in [0.1, 0.15) is 0 Å². The summed E-state index contributed by atoms with van der Waals surface area (Å²) in [7, 11) is 0. The molecule has 0 spiro atoms. The summed E-state index contributed by atoms with van der Waals surface area (Å²) in [5, 5.41) is 0. The molecular weight excluding hydrogens is 142 g/mol. The van der Waals surface area contributed by atoms with Crippen LogP contribution in [-0.2, 0) is 0 Å². The minimum Gasteiger partial charge on any atom is -0.393 e. The van der Waals surface area contributed by atoms with Gasteiger partial charge in [-0.2, -0.15) is 0 Å². The van der Waals surface area contributed by atoms with Gasteiger partial charge in [-0.05, 0) is 12.8 Å². The first-order valence-electron chi connectivity index (χ1n) is 4.01. The zero-order chi connectivity index (χ0) is 7.98. The summed E-state index contributed by atoms with van der Waals surface area (Å²) in [6.07, 6.45) is 4.68. The molecule has 2 heteroatoms. The van der Waals surface area contributed by atoms with Crippen LogP contribution in [-0.4, -0.2) is 4.99 Å². The van der Waals surface area contributed by atoms with Gasteiger partial charge in [-0.25, -0.2) is 0 Å². The molecule has 0 unspecified atom stereocenters. The largest absolute Gasteiger partial charge is 0.393 e. The molecule has 0 aliphatic carbocycles. The van der Waals surface area contributed by atoms with Crippen molar-refractivity contribution in [1.29, 1.82) is 0 Å². The Bertz CT molecular complexity index is 95.4. The molecule has 10 heavy (non-hydrogen) atoms. The summed E-state index contributed by atoms with van der Waals surface area (Å²) in [5.41, 5.74) is 5.54. The Morgan fingerprint density at radius 3 is 1.90 bits per heavy atom. The first kappa shape index (κ1) is 9.89. The summed E-state index contributed by atoms with van der Waals surface area (Å²) in [6, 6.07) is 0. The molecule has 0 saturated heterocycles. The van der Waals surface area contributed by atoms with Gasteiger partial charge in [0.05, 0.1) is 4.99 Å². The molecule has 1 nitrogen and oxygen atoms in total. The van der Waals surface area contributed by atoms with E-state index in [4.69, 9.17) is 18.0 Å². The van der Waals surface area contributed by atoms with E-state index in [2.05, 4.69) is 13.8 Å². The second-order valence-corrected chi connectivity index (χ2v) is 3.15. The maximum atomic E-state index is 5.54. The van der Waals surface area contributed by atoms with E-state index < -0.39 is 0 Å². The van der Waals surface area contributed by atoms with Crippen LogP contribution >= 0.6 is 12.2 Å². The second kappa shape index (κ2) is 5.66. The summed E-state index contributed by atoms with van der Waals surface area (Å²) < 4.78 is 0. The number of thiocarbonyl (C=S) groups is 1. The maximum Gasteiger partial charge on any atom is 0.0758 e. The third kappa shape index (κ3) is 3.83. The van der Waals surface area contributed by atoms with Crippen LogP contribution in [0.3, 0.4) is 0 Å². The molecule has 0 bridgehead atoms. The number of hydrogen-bond donors (Lipinski definition) is 1. The molecule has 60 valence electrons. The quantitative estimate of drug-likeness (QED) is 0.624. The topological polar surface area (TPSA) is 26.0 Å². The lowest BCUT2D eigenvalue weighted by Gasteiger charge is -2.11. The van der Waals surface area contributed by atoms with Gasteiger partial charge in [-0.1, -0.05) is 38.9 Å². The Kier molecular flexibility index (Phi) is 5.60. The maximum absolute atomic E-state index is 5.54. The number of hydrogen-bond acceptors (Lipinski definition) is 1. The number of nitrogens with two attached hydrogens (primary N) is 1. The van der Waals surface area contributed by atoms with Crippen LogP contribution in [0.5, 0.6) is 0 Å². The van der Waals surface area contributed by atoms with E-state index in [9.17, 15) is 0 Å². The standard InChI is InChI=1S/C8H17NS/c1-3-5-7(6-4-2)8(9)10/h7H,3-6H2,1-2H3,(H2,9,10). The molecule has 0 aromatic carbocycles. The minimum atomic E-state index is 0.491. The zero-order valence-electron chi connectivity index (χ0n) is 6.89. The third-order valence-corrected chi connectivity index (χ3v) is 2.01. The van der Waals surface area contributed by atoms with Gasteiger partial charge < -0.3 is 5.73 Å². The fourth-order valence-corrected chi connectivity index (χ4v) is 1.36. The van der Waals surface area contributed by atoms with E-state index in [1.165, 1.54) is 12.8 Å². The average molecular weight is 159 g/mol. The highest BCUT2D eigenvalue weighted by atomic mass is 32.1. The van der Waals surface area contributed by atoms with Crippen molar-refractivity contribution in [3.8, 4) is 0 Å². The van der Waals surface area contributed by atoms with Gasteiger partial charge in [-0.3, -0.25) is 0 Å². The van der Waals surface area contributed by atoms with E-state index in [-0.39, 0.29) is 0 Å². The van der Waals surface area contributed by atoms with Crippen molar-refractivity contribution in [2.24, 2.45) is 11.7 Å². The summed E-state index contributed by atoms with van der Waals surface area (Å²) in [4.78, 5) is 0.698. The highest BCUT2D eigenvalue weighted by molar-refractivity contribution is 7.80. The van der Waals surface area contributed by atoms with Crippen molar-refractivity contribution in [1.82, 2.24) is 0 Å². The Labute approximate surface area is 69.0 Å². The van der Waals surface area contributed by atoms with Crippen LogP contribution in [0, 0.1) is 5.92 Å². The molecular formula is C8H17NS. The van der Waals surface area contributed by atoms with Crippen LogP contribution in [0.25, 0.3) is 0 Å². The molecule has 0 aromatic heterocycles. The first-order valence-corrected chi connectivity index (χ1v) is 4.42. The Hall–Kier alpha value is -0.110. The van der Waals surface area contributed by atoms with Crippen molar-refractivity contribution in [2.45, 2.75) is 39.5 Å². The molecule has 0 radical (unpaired) electrons. The highest BCUT2D eigenvalue weighted by Crippen LogP contribution is 2.12. The zero-order valence-corrected chi connectivity index (χ0v) is 7.71. The summed E-state index contributed by atoms with van der Waals surface area (Å²) in [6.45, 7) is 4.34. The van der Waals surface area contributed by atoms with E-state index in [0.717, 1.165) is 12.8 Å². The average Bonchev–Trinajstić information content (AvgIpc) is 1.87. The van der Waals surface area contributed by atoms with Gasteiger partial charge in [-0.15, -0.1) is 0 Å². The van der Waals surface area contributed by atoms with Crippen molar-refractivity contribution >= 4 is 17.2 Å². The molecule has 0 aromatic rings. The Balaban J connectivity index is 3.61. The highest BCUT2D eigenvalue weighted by Gasteiger charge is 2.08. The predicted octanol–water partition coefficient (Wildman–Crippen LogP) is 2.49. The van der Waals surface area contributed by atoms with E-state index in [1.54, 1.807) is 0 Å². The molecule has 0 aliphatic rings. The Morgan fingerprint density at radius 1 is 1.30 bits per heavy atom. The van der Waals surface area contributed by atoms with Crippen LogP contribution in [0.15, 0.2) is 0 Å². The van der Waals surface area contributed by atoms with Crippen LogP contribution in [0.2, 0.25) is 0 Å². The van der Waals surface area contributed by atoms with Crippen molar-refractivity contribution in [2.75, 3.05) is 0 Å². The first-order chi connectivity index (χ1) is 4.72. The third-order valence-electron chi connectivity index (χ3n) is 1.68. The lowest BCUT2D eigenvalue weighted by Crippen LogP contribution is -2.20. The lowest BCUT2D eigenvalue weighted by molar-refractivity contribution is 0.561. The molecule has 0 aliphatic heterocycles. The normalized spacial score (nSPS) is 10.3.